The van der Waals surface area contributed by atoms with Gasteiger partial charge in [0.1, 0.15) is 11.3 Å². The highest BCUT2D eigenvalue weighted by molar-refractivity contribution is 7.88. The second-order valence-corrected chi connectivity index (χ2v) is 7.12. The molecule has 2 rings (SSSR count). The summed E-state index contributed by atoms with van der Waals surface area (Å²) in [5.74, 6) is 0.553. The van der Waals surface area contributed by atoms with Gasteiger partial charge in [0.05, 0.1) is 12.3 Å². The SMILES string of the molecule is C[C@H](c1cc2ccccc2o1)N(C)C(=O)CCNS(C)(=O)=O. The van der Waals surface area contributed by atoms with Gasteiger partial charge in [-0.1, -0.05) is 18.2 Å². The van der Waals surface area contributed by atoms with Crippen molar-refractivity contribution in [3.05, 3.63) is 36.1 Å². The summed E-state index contributed by atoms with van der Waals surface area (Å²) in [6, 6.07) is 9.34. The van der Waals surface area contributed by atoms with Gasteiger partial charge < -0.3 is 9.32 Å². The minimum atomic E-state index is -3.27. The Balaban J connectivity index is 2.01. The van der Waals surface area contributed by atoms with Crippen molar-refractivity contribution in [2.75, 3.05) is 19.8 Å². The summed E-state index contributed by atoms with van der Waals surface area (Å²) in [4.78, 5) is 13.7. The van der Waals surface area contributed by atoms with E-state index < -0.39 is 10.0 Å². The number of hydrogen-bond donors (Lipinski definition) is 1. The highest BCUT2D eigenvalue weighted by atomic mass is 32.2. The van der Waals surface area contributed by atoms with Crippen LogP contribution in [0.3, 0.4) is 0 Å². The monoisotopic (exact) mass is 324 g/mol. The van der Waals surface area contributed by atoms with Crippen LogP contribution >= 0.6 is 0 Å². The van der Waals surface area contributed by atoms with Gasteiger partial charge in [0.15, 0.2) is 0 Å². The standard InChI is InChI=1S/C15H20N2O4S/c1-11(14-10-12-6-4-5-7-13(12)21-14)17(2)15(18)8-9-16-22(3,19)20/h4-7,10-11,16H,8-9H2,1-3H3/t11-/m1/s1. The first-order chi connectivity index (χ1) is 10.3. The van der Waals surface area contributed by atoms with Gasteiger partial charge in [-0.3, -0.25) is 4.79 Å². The van der Waals surface area contributed by atoms with Crippen LogP contribution in [0.15, 0.2) is 34.7 Å². The molecule has 1 amide bonds. The maximum absolute atomic E-state index is 12.1. The van der Waals surface area contributed by atoms with Gasteiger partial charge in [0.25, 0.3) is 0 Å². The molecular weight excluding hydrogens is 304 g/mol. The van der Waals surface area contributed by atoms with E-state index in [1.165, 1.54) is 0 Å². The fourth-order valence-corrected chi connectivity index (χ4v) is 2.61. The largest absolute Gasteiger partial charge is 0.459 e. The number of nitrogens with one attached hydrogen (secondary N) is 1. The number of fused-ring (bicyclic) bond motifs is 1. The maximum atomic E-state index is 12.1. The van der Waals surface area contributed by atoms with Gasteiger partial charge in [-0.15, -0.1) is 0 Å². The third kappa shape index (κ3) is 4.08. The van der Waals surface area contributed by atoms with Crippen LogP contribution in [-0.2, 0) is 14.8 Å². The van der Waals surface area contributed by atoms with Gasteiger partial charge in [0.2, 0.25) is 15.9 Å². The molecule has 1 heterocycles. The van der Waals surface area contributed by atoms with Crippen LogP contribution in [0.4, 0.5) is 0 Å². The van der Waals surface area contributed by atoms with Gasteiger partial charge >= 0.3 is 0 Å². The molecule has 0 saturated heterocycles. The summed E-state index contributed by atoms with van der Waals surface area (Å²) in [5.41, 5.74) is 0.781. The van der Waals surface area contributed by atoms with Crippen molar-refractivity contribution in [1.29, 1.82) is 0 Å². The van der Waals surface area contributed by atoms with Crippen LogP contribution in [0.2, 0.25) is 0 Å². The van der Waals surface area contributed by atoms with E-state index >= 15 is 0 Å². The van der Waals surface area contributed by atoms with Crippen LogP contribution in [0.25, 0.3) is 11.0 Å². The van der Waals surface area contributed by atoms with Crippen LogP contribution in [-0.4, -0.2) is 39.1 Å². The summed E-state index contributed by atoms with van der Waals surface area (Å²) in [6.07, 6.45) is 1.17. The molecule has 0 radical (unpaired) electrons. The molecule has 0 aliphatic carbocycles. The number of furan rings is 1. The number of rotatable bonds is 6. The maximum Gasteiger partial charge on any atom is 0.224 e. The molecule has 0 bridgehead atoms. The van der Waals surface area contributed by atoms with E-state index in [1.54, 1.807) is 11.9 Å². The van der Waals surface area contributed by atoms with Crippen molar-refractivity contribution in [2.24, 2.45) is 0 Å². The normalized spacial score (nSPS) is 13.2. The molecule has 120 valence electrons. The topological polar surface area (TPSA) is 79.6 Å². The highest BCUT2D eigenvalue weighted by Gasteiger charge is 2.20. The van der Waals surface area contributed by atoms with Gasteiger partial charge in [0, 0.05) is 25.4 Å². The lowest BCUT2D eigenvalue weighted by atomic mass is 10.2. The Hall–Kier alpha value is -1.86. The molecule has 22 heavy (non-hydrogen) atoms. The third-order valence-electron chi connectivity index (χ3n) is 3.53. The van der Waals surface area contributed by atoms with Crippen molar-refractivity contribution in [1.82, 2.24) is 9.62 Å². The van der Waals surface area contributed by atoms with Crippen molar-refractivity contribution < 1.29 is 17.6 Å². The van der Waals surface area contributed by atoms with E-state index in [4.69, 9.17) is 4.42 Å². The molecule has 0 aliphatic rings. The van der Waals surface area contributed by atoms with Crippen molar-refractivity contribution >= 4 is 26.9 Å². The van der Waals surface area contributed by atoms with Gasteiger partial charge in [-0.2, -0.15) is 0 Å². The van der Waals surface area contributed by atoms with Gasteiger partial charge in [-0.25, -0.2) is 13.1 Å². The number of amides is 1. The minimum absolute atomic E-state index is 0.0921. The van der Waals surface area contributed by atoms with Gasteiger partial charge in [-0.05, 0) is 19.1 Å². The van der Waals surface area contributed by atoms with E-state index in [2.05, 4.69) is 4.72 Å². The van der Waals surface area contributed by atoms with Crippen molar-refractivity contribution in [2.45, 2.75) is 19.4 Å². The molecule has 2 aromatic rings. The fourth-order valence-electron chi connectivity index (χ4n) is 2.13. The minimum Gasteiger partial charge on any atom is -0.459 e. The van der Waals surface area contributed by atoms with Crippen molar-refractivity contribution in [3.63, 3.8) is 0 Å². The molecule has 1 atom stereocenters. The Morgan fingerprint density at radius 2 is 2.05 bits per heavy atom. The molecule has 0 saturated carbocycles. The number of nitrogens with zero attached hydrogens (tertiary/aromatic N) is 1. The highest BCUT2D eigenvalue weighted by Crippen LogP contribution is 2.26. The second-order valence-electron chi connectivity index (χ2n) is 5.28. The fraction of sp³-hybridized carbons (Fsp3) is 0.400. The summed E-state index contributed by atoms with van der Waals surface area (Å²) in [6.45, 7) is 1.97. The third-order valence-corrected chi connectivity index (χ3v) is 4.26. The lowest BCUT2D eigenvalue weighted by molar-refractivity contribution is -0.131. The lowest BCUT2D eigenvalue weighted by Crippen LogP contribution is -2.33. The molecule has 6 nitrogen and oxygen atoms in total. The van der Waals surface area contributed by atoms with E-state index in [-0.39, 0.29) is 24.9 Å². The van der Waals surface area contributed by atoms with E-state index in [9.17, 15) is 13.2 Å². The molecule has 0 fully saturated rings. The lowest BCUT2D eigenvalue weighted by Gasteiger charge is -2.23. The summed E-state index contributed by atoms with van der Waals surface area (Å²) in [7, 11) is -1.59. The zero-order valence-electron chi connectivity index (χ0n) is 12.9. The smallest absolute Gasteiger partial charge is 0.224 e. The Labute approximate surface area is 130 Å². The quantitative estimate of drug-likeness (QED) is 0.880. The predicted molar refractivity (Wildman–Crippen MR) is 84.9 cm³/mol. The number of para-hydroxylation sites is 1. The average molecular weight is 324 g/mol. The summed E-state index contributed by atoms with van der Waals surface area (Å²) in [5, 5.41) is 0.990. The molecule has 1 aromatic carbocycles. The molecule has 0 aliphatic heterocycles. The first-order valence-corrected chi connectivity index (χ1v) is 8.86. The Morgan fingerprint density at radius 1 is 1.36 bits per heavy atom. The Morgan fingerprint density at radius 3 is 2.68 bits per heavy atom. The molecule has 1 aromatic heterocycles. The summed E-state index contributed by atoms with van der Waals surface area (Å²) >= 11 is 0. The number of benzene rings is 1. The van der Waals surface area contributed by atoms with E-state index in [0.29, 0.717) is 5.76 Å². The molecule has 1 N–H and O–H groups in total. The van der Waals surface area contributed by atoms with E-state index in [1.807, 2.05) is 37.3 Å². The first kappa shape index (κ1) is 16.5. The van der Waals surface area contributed by atoms with Crippen LogP contribution in [0.5, 0.6) is 0 Å². The van der Waals surface area contributed by atoms with Crippen LogP contribution < -0.4 is 4.72 Å². The number of carbonyl (C=O) groups excluding carboxylic acids is 1. The number of sulfonamides is 1. The second kappa shape index (κ2) is 6.50. The molecule has 0 unspecified atom stereocenters. The number of carbonyl (C=O) groups is 1. The molecule has 7 heteroatoms. The van der Waals surface area contributed by atoms with Crippen molar-refractivity contribution in [3.8, 4) is 0 Å². The molecule has 0 spiro atoms. The van der Waals surface area contributed by atoms with E-state index in [0.717, 1.165) is 17.2 Å². The Kier molecular flexibility index (Phi) is 4.87. The first-order valence-electron chi connectivity index (χ1n) is 6.96. The number of hydrogen-bond acceptors (Lipinski definition) is 4. The molecular formula is C15H20N2O4S. The zero-order chi connectivity index (χ0) is 16.3. The van der Waals surface area contributed by atoms with Crippen LogP contribution in [0, 0.1) is 0 Å². The summed E-state index contributed by atoms with van der Waals surface area (Å²) < 4.78 is 30.0. The predicted octanol–water partition coefficient (Wildman–Crippen LogP) is 1.89. The zero-order valence-corrected chi connectivity index (χ0v) is 13.7. The Bertz CT molecular complexity index is 734. The van der Waals surface area contributed by atoms with Crippen LogP contribution in [0.1, 0.15) is 25.1 Å². The average Bonchev–Trinajstić information content (AvgIpc) is 2.88.